The van der Waals surface area contributed by atoms with E-state index in [1.165, 1.54) is 0 Å². The summed E-state index contributed by atoms with van der Waals surface area (Å²) >= 11 is 1.69. The van der Waals surface area contributed by atoms with Gasteiger partial charge in [0.2, 0.25) is 0 Å². The van der Waals surface area contributed by atoms with Crippen molar-refractivity contribution >= 4 is 11.8 Å². The van der Waals surface area contributed by atoms with Crippen LogP contribution in [0.15, 0.2) is 6.20 Å². The van der Waals surface area contributed by atoms with E-state index >= 15 is 0 Å². The third-order valence-corrected chi connectivity index (χ3v) is 2.34. The second-order valence-corrected chi connectivity index (χ2v) is 3.80. The van der Waals surface area contributed by atoms with Gasteiger partial charge in [-0.3, -0.25) is 0 Å². The molecule has 0 aliphatic rings. The van der Waals surface area contributed by atoms with E-state index in [1.54, 1.807) is 24.9 Å². The molecule has 0 aromatic carbocycles. The van der Waals surface area contributed by atoms with E-state index in [0.29, 0.717) is 0 Å². The van der Waals surface area contributed by atoms with Crippen LogP contribution in [0.2, 0.25) is 0 Å². The third kappa shape index (κ3) is 2.67. The van der Waals surface area contributed by atoms with Crippen LogP contribution in [0, 0.1) is 6.92 Å². The molecule has 72 valence electrons. The Labute approximate surface area is 82.6 Å². The molecule has 0 fully saturated rings. The first-order valence-corrected chi connectivity index (χ1v) is 5.54. The second-order valence-electron chi connectivity index (χ2n) is 2.94. The van der Waals surface area contributed by atoms with Crippen LogP contribution in [0.25, 0.3) is 0 Å². The van der Waals surface area contributed by atoms with Crippen LogP contribution in [0.4, 0.5) is 0 Å². The van der Waals surface area contributed by atoms with Gasteiger partial charge < -0.3 is 5.11 Å². The fraction of sp³-hybridized carbons (Fsp3) is 0.556. The van der Waals surface area contributed by atoms with Gasteiger partial charge in [-0.15, -0.1) is 0 Å². The number of thioether (sulfide) groups is 1. The van der Waals surface area contributed by atoms with Gasteiger partial charge in [0.05, 0.1) is 11.9 Å². The summed E-state index contributed by atoms with van der Waals surface area (Å²) in [6.45, 7) is 3.62. The van der Waals surface area contributed by atoms with E-state index < -0.39 is 6.10 Å². The van der Waals surface area contributed by atoms with E-state index in [2.05, 4.69) is 9.97 Å². The number of rotatable bonds is 3. The minimum absolute atomic E-state index is 0.483. The fourth-order valence-electron chi connectivity index (χ4n) is 1.13. The smallest absolute Gasteiger partial charge is 0.138 e. The highest BCUT2D eigenvalue weighted by molar-refractivity contribution is 7.97. The molecule has 1 aromatic heterocycles. The number of aromatic nitrogens is 2. The lowest BCUT2D eigenvalue weighted by Crippen LogP contribution is -2.02. The van der Waals surface area contributed by atoms with Crippen molar-refractivity contribution in [3.8, 4) is 0 Å². The molecule has 0 saturated heterocycles. The summed E-state index contributed by atoms with van der Waals surface area (Å²) in [4.78, 5) is 8.45. The van der Waals surface area contributed by atoms with Gasteiger partial charge in [0.25, 0.3) is 0 Å². The lowest BCUT2D eigenvalue weighted by atomic mass is 10.1. The maximum Gasteiger partial charge on any atom is 0.138 e. The maximum absolute atomic E-state index is 9.34. The minimum Gasteiger partial charge on any atom is -0.389 e. The van der Waals surface area contributed by atoms with Gasteiger partial charge in [-0.25, -0.2) is 9.97 Å². The lowest BCUT2D eigenvalue weighted by molar-refractivity contribution is 0.197. The van der Waals surface area contributed by atoms with E-state index in [1.807, 2.05) is 13.2 Å². The van der Waals surface area contributed by atoms with Crippen molar-refractivity contribution in [1.29, 1.82) is 0 Å². The summed E-state index contributed by atoms with van der Waals surface area (Å²) in [5.41, 5.74) is 1.68. The normalized spacial score (nSPS) is 12.9. The minimum atomic E-state index is -0.483. The average molecular weight is 198 g/mol. The molecule has 0 spiro atoms. The zero-order valence-corrected chi connectivity index (χ0v) is 8.93. The molecule has 4 heteroatoms. The van der Waals surface area contributed by atoms with Crippen molar-refractivity contribution in [2.24, 2.45) is 0 Å². The molecule has 13 heavy (non-hydrogen) atoms. The molecule has 1 aromatic rings. The summed E-state index contributed by atoms with van der Waals surface area (Å²) < 4.78 is 0. The SMILES string of the molecule is CSCc1ncc([C@H](C)O)c(C)n1. The zero-order valence-electron chi connectivity index (χ0n) is 8.11. The highest BCUT2D eigenvalue weighted by Crippen LogP contribution is 2.15. The van der Waals surface area contributed by atoms with Crippen molar-refractivity contribution in [2.75, 3.05) is 6.26 Å². The Bertz CT molecular complexity index is 289. The number of nitrogens with zero attached hydrogens (tertiary/aromatic N) is 2. The Morgan fingerprint density at radius 1 is 1.62 bits per heavy atom. The summed E-state index contributed by atoms with van der Waals surface area (Å²) in [6, 6.07) is 0. The van der Waals surface area contributed by atoms with Gasteiger partial charge in [-0.1, -0.05) is 0 Å². The molecular formula is C9H14N2OS. The molecule has 1 heterocycles. The van der Waals surface area contributed by atoms with Crippen molar-refractivity contribution < 1.29 is 5.11 Å². The quantitative estimate of drug-likeness (QED) is 0.803. The fourth-order valence-corrected chi connectivity index (χ4v) is 1.53. The molecule has 0 radical (unpaired) electrons. The van der Waals surface area contributed by atoms with Crippen molar-refractivity contribution in [3.05, 3.63) is 23.3 Å². The monoisotopic (exact) mass is 198 g/mol. The largest absolute Gasteiger partial charge is 0.389 e. The van der Waals surface area contributed by atoms with Gasteiger partial charge in [0.1, 0.15) is 5.82 Å². The Hall–Kier alpha value is -0.610. The van der Waals surface area contributed by atoms with Crippen LogP contribution in [-0.4, -0.2) is 21.3 Å². The zero-order chi connectivity index (χ0) is 9.84. The molecule has 1 rings (SSSR count). The summed E-state index contributed by atoms with van der Waals surface area (Å²) in [5, 5.41) is 9.34. The van der Waals surface area contributed by atoms with Crippen LogP contribution in [0.3, 0.4) is 0 Å². The lowest BCUT2D eigenvalue weighted by Gasteiger charge is -2.08. The maximum atomic E-state index is 9.34. The van der Waals surface area contributed by atoms with Gasteiger partial charge in [-0.05, 0) is 20.1 Å². The van der Waals surface area contributed by atoms with Gasteiger partial charge in [0.15, 0.2) is 0 Å². The number of hydrogen-bond acceptors (Lipinski definition) is 4. The van der Waals surface area contributed by atoms with Gasteiger partial charge in [-0.2, -0.15) is 11.8 Å². The molecule has 0 aliphatic carbocycles. The predicted octanol–water partition coefficient (Wildman–Crippen LogP) is 1.70. The van der Waals surface area contributed by atoms with E-state index in [-0.39, 0.29) is 0 Å². The summed E-state index contributed by atoms with van der Waals surface area (Å²) in [5.74, 6) is 1.65. The number of aliphatic hydroxyl groups is 1. The molecule has 3 nitrogen and oxygen atoms in total. The Morgan fingerprint density at radius 3 is 2.77 bits per heavy atom. The highest BCUT2D eigenvalue weighted by atomic mass is 32.2. The third-order valence-electron chi connectivity index (χ3n) is 1.79. The number of aliphatic hydroxyl groups excluding tert-OH is 1. The van der Waals surface area contributed by atoms with Gasteiger partial charge >= 0.3 is 0 Å². The molecular weight excluding hydrogens is 184 g/mol. The number of aryl methyl sites for hydroxylation is 1. The highest BCUT2D eigenvalue weighted by Gasteiger charge is 2.07. The van der Waals surface area contributed by atoms with E-state index in [9.17, 15) is 5.11 Å². The molecule has 1 atom stereocenters. The molecule has 0 saturated carbocycles. The molecule has 0 amide bonds. The van der Waals surface area contributed by atoms with Crippen molar-refractivity contribution in [2.45, 2.75) is 25.7 Å². The van der Waals surface area contributed by atoms with Crippen LogP contribution in [0.1, 0.15) is 30.1 Å². The van der Waals surface area contributed by atoms with Crippen molar-refractivity contribution in [1.82, 2.24) is 9.97 Å². The predicted molar refractivity (Wildman–Crippen MR) is 54.6 cm³/mol. The van der Waals surface area contributed by atoms with Crippen LogP contribution >= 0.6 is 11.8 Å². The standard InChI is InChI=1S/C9H14N2OS/c1-6-8(7(2)12)4-10-9(11-6)5-13-3/h4,7,12H,5H2,1-3H3/t7-/m0/s1. The molecule has 0 bridgehead atoms. The summed E-state index contributed by atoms with van der Waals surface area (Å²) in [7, 11) is 0. The van der Waals surface area contributed by atoms with E-state index in [0.717, 1.165) is 22.8 Å². The summed E-state index contributed by atoms with van der Waals surface area (Å²) in [6.07, 6.45) is 3.24. The Balaban J connectivity index is 2.92. The Kier molecular flexibility index (Phi) is 3.69. The van der Waals surface area contributed by atoms with Crippen molar-refractivity contribution in [3.63, 3.8) is 0 Å². The average Bonchev–Trinajstić information content (AvgIpc) is 2.04. The Morgan fingerprint density at radius 2 is 2.31 bits per heavy atom. The van der Waals surface area contributed by atoms with Crippen LogP contribution < -0.4 is 0 Å². The first-order chi connectivity index (χ1) is 6.15. The number of hydrogen-bond donors (Lipinski definition) is 1. The van der Waals surface area contributed by atoms with E-state index in [4.69, 9.17) is 0 Å². The molecule has 0 aliphatic heterocycles. The van der Waals surface area contributed by atoms with Crippen LogP contribution in [0.5, 0.6) is 0 Å². The first kappa shape index (κ1) is 10.5. The van der Waals surface area contributed by atoms with Crippen LogP contribution in [-0.2, 0) is 5.75 Å². The molecule has 0 unspecified atom stereocenters. The molecule has 1 N–H and O–H groups in total. The second kappa shape index (κ2) is 4.58. The van der Waals surface area contributed by atoms with Gasteiger partial charge in [0, 0.05) is 17.5 Å². The topological polar surface area (TPSA) is 46.0 Å². The first-order valence-electron chi connectivity index (χ1n) is 4.14.